The third-order valence-electron chi connectivity index (χ3n) is 8.43. The highest BCUT2D eigenvalue weighted by Crippen LogP contribution is 2.71. The van der Waals surface area contributed by atoms with E-state index in [1.807, 2.05) is 128 Å². The van der Waals surface area contributed by atoms with Crippen molar-refractivity contribution in [3.8, 4) is 34.1 Å². The molecule has 1 heterocycles. The van der Waals surface area contributed by atoms with Gasteiger partial charge in [0.25, 0.3) is 7.37 Å². The Balaban J connectivity index is 1.49. The summed E-state index contributed by atoms with van der Waals surface area (Å²) in [6.45, 7) is 2.05. The summed E-state index contributed by atoms with van der Waals surface area (Å²) in [6.07, 6.45) is 0. The van der Waals surface area contributed by atoms with Crippen molar-refractivity contribution >= 4 is 18.4 Å². The van der Waals surface area contributed by atoms with Gasteiger partial charge in [-0.1, -0.05) is 90.5 Å². The van der Waals surface area contributed by atoms with Crippen molar-refractivity contribution in [3.05, 3.63) is 168 Å². The Morgan fingerprint density at radius 3 is 1.71 bits per heavy atom. The lowest BCUT2D eigenvalue weighted by Crippen LogP contribution is -2.38. The largest absolute Gasteiger partial charge is 0.497 e. The number of hydrogen-bond donors (Lipinski definition) is 1. The van der Waals surface area contributed by atoms with E-state index in [0.717, 1.165) is 39.1 Å². The molecule has 2 unspecified atom stereocenters. The van der Waals surface area contributed by atoms with E-state index in [1.165, 1.54) is 0 Å². The van der Waals surface area contributed by atoms with E-state index in [2.05, 4.69) is 24.3 Å². The molecule has 0 aromatic heterocycles. The van der Waals surface area contributed by atoms with Gasteiger partial charge in [-0.3, -0.25) is 4.57 Å². The predicted octanol–water partition coefficient (Wildman–Crippen LogP) is 9.33. The number of nitrogen functional groups attached to an aromatic ring is 1. The lowest BCUT2D eigenvalue weighted by atomic mass is 9.83. The molecule has 0 aliphatic carbocycles. The van der Waals surface area contributed by atoms with Crippen LogP contribution in [0.15, 0.2) is 146 Å². The van der Waals surface area contributed by atoms with Gasteiger partial charge in [-0.15, -0.1) is 0 Å². The van der Waals surface area contributed by atoms with Crippen molar-refractivity contribution in [1.29, 1.82) is 0 Å². The summed E-state index contributed by atoms with van der Waals surface area (Å²) in [6, 6.07) is 46.8. The van der Waals surface area contributed by atoms with Gasteiger partial charge in [-0.25, -0.2) is 0 Å². The maximum atomic E-state index is 16.4. The highest BCUT2D eigenvalue weighted by atomic mass is 31.2. The fourth-order valence-electron chi connectivity index (χ4n) is 6.24. The van der Waals surface area contributed by atoms with Crippen LogP contribution in [0.3, 0.4) is 0 Å². The van der Waals surface area contributed by atoms with Crippen molar-refractivity contribution in [2.75, 3.05) is 12.8 Å². The minimum Gasteiger partial charge on any atom is -0.497 e. The third-order valence-corrected chi connectivity index (χ3v) is 11.6. The zero-order valence-corrected chi connectivity index (χ0v) is 25.9. The van der Waals surface area contributed by atoms with E-state index in [0.29, 0.717) is 28.2 Å². The Labute approximate surface area is 263 Å². The standard InChI is InChI=1S/C39H32NO4P/c1-27-11-13-28(14-12-27)39(29-15-19-31(40)20-16-29,30-17-21-33(22-18-30)43-34-25-23-32(42-2)24-26-34)45(41)38-10-6-4-8-36(38)35-7-3-5-9-37(35)44-45/h3-26H,40H2,1-2H3. The average molecular weight is 610 g/mol. The van der Waals surface area contributed by atoms with E-state index in [9.17, 15) is 0 Å². The lowest BCUT2D eigenvalue weighted by molar-refractivity contribution is 0.413. The van der Waals surface area contributed by atoms with Gasteiger partial charge in [0.1, 0.15) is 28.2 Å². The van der Waals surface area contributed by atoms with Gasteiger partial charge in [0.05, 0.1) is 12.4 Å². The van der Waals surface area contributed by atoms with Gasteiger partial charge in [-0.05, 0) is 89.8 Å². The van der Waals surface area contributed by atoms with E-state index < -0.39 is 12.5 Å². The predicted molar refractivity (Wildman–Crippen MR) is 181 cm³/mol. The van der Waals surface area contributed by atoms with Crippen molar-refractivity contribution in [3.63, 3.8) is 0 Å². The molecule has 45 heavy (non-hydrogen) atoms. The second-order valence-electron chi connectivity index (χ2n) is 11.2. The smallest absolute Gasteiger partial charge is 0.296 e. The summed E-state index contributed by atoms with van der Waals surface area (Å²) >= 11 is 0. The molecule has 6 aromatic rings. The van der Waals surface area contributed by atoms with Crippen LogP contribution in [-0.2, 0) is 9.72 Å². The van der Waals surface area contributed by atoms with Crippen molar-refractivity contribution < 1.29 is 18.6 Å². The SMILES string of the molecule is COc1ccc(Oc2ccc(C(c3ccc(C)cc3)(c3ccc(N)cc3)P3(=O)Oc4ccccc4-c4ccccc43)cc2)cc1. The number of ether oxygens (including phenoxy) is 2. The number of hydrogen-bond acceptors (Lipinski definition) is 5. The maximum Gasteiger partial charge on any atom is 0.296 e. The van der Waals surface area contributed by atoms with Crippen molar-refractivity contribution in [2.45, 2.75) is 12.1 Å². The Kier molecular flexibility index (Phi) is 7.19. The molecule has 222 valence electrons. The Bertz CT molecular complexity index is 1970. The minimum atomic E-state index is -3.86. The summed E-state index contributed by atoms with van der Waals surface area (Å²) in [7, 11) is -2.23. The summed E-state index contributed by atoms with van der Waals surface area (Å²) in [5.74, 6) is 2.67. The van der Waals surface area contributed by atoms with E-state index in [4.69, 9.17) is 19.7 Å². The molecule has 0 spiro atoms. The number of benzene rings is 6. The minimum absolute atomic E-state index is 0.589. The first kappa shape index (κ1) is 28.5. The fourth-order valence-corrected chi connectivity index (χ4v) is 9.53. The molecule has 2 N–H and O–H groups in total. The molecule has 6 heteroatoms. The Morgan fingerprint density at radius 1 is 0.600 bits per heavy atom. The van der Waals surface area contributed by atoms with Gasteiger partial charge < -0.3 is 19.7 Å². The molecule has 2 atom stereocenters. The number of fused-ring (bicyclic) bond motifs is 3. The fraction of sp³-hybridized carbons (Fsp3) is 0.0769. The van der Waals surface area contributed by atoms with Crippen LogP contribution < -0.4 is 25.0 Å². The lowest BCUT2D eigenvalue weighted by Gasteiger charge is -2.44. The number of anilines is 1. The Morgan fingerprint density at radius 2 is 1.09 bits per heavy atom. The number of aryl methyl sites for hydroxylation is 1. The van der Waals surface area contributed by atoms with Crippen LogP contribution in [0.25, 0.3) is 11.1 Å². The highest BCUT2D eigenvalue weighted by molar-refractivity contribution is 7.69. The first-order chi connectivity index (χ1) is 21.9. The van der Waals surface area contributed by atoms with Gasteiger partial charge in [-0.2, -0.15) is 0 Å². The number of methoxy groups -OCH3 is 1. The summed E-state index contributed by atoms with van der Waals surface area (Å²) in [4.78, 5) is 0. The number of nitrogens with two attached hydrogens (primary N) is 1. The third kappa shape index (κ3) is 4.77. The summed E-state index contributed by atoms with van der Waals surface area (Å²) < 4.78 is 34.7. The zero-order valence-electron chi connectivity index (χ0n) is 25.0. The van der Waals surface area contributed by atoms with Crippen LogP contribution in [0.2, 0.25) is 0 Å². The normalized spacial score (nSPS) is 16.4. The molecule has 7 rings (SSSR count). The molecule has 6 aromatic carbocycles. The van der Waals surface area contributed by atoms with Crippen molar-refractivity contribution in [2.24, 2.45) is 0 Å². The van der Waals surface area contributed by atoms with Crippen LogP contribution >= 0.6 is 7.37 Å². The van der Waals surface area contributed by atoms with Crippen LogP contribution in [0, 0.1) is 6.92 Å². The summed E-state index contributed by atoms with van der Waals surface area (Å²) in [5, 5.41) is -0.573. The monoisotopic (exact) mass is 609 g/mol. The van der Waals surface area contributed by atoms with Gasteiger partial charge in [0.2, 0.25) is 0 Å². The quantitative estimate of drug-likeness (QED) is 0.111. The molecule has 0 radical (unpaired) electrons. The van der Waals surface area contributed by atoms with Gasteiger partial charge in [0.15, 0.2) is 0 Å². The zero-order chi connectivity index (χ0) is 31.0. The van der Waals surface area contributed by atoms with E-state index in [1.54, 1.807) is 7.11 Å². The molecular weight excluding hydrogens is 577 g/mol. The Hall–Kier alpha value is -5.25. The summed E-state index contributed by atoms with van der Waals surface area (Å²) in [5.41, 5.74) is 12.2. The molecule has 0 saturated carbocycles. The van der Waals surface area contributed by atoms with Crippen LogP contribution in [-0.4, -0.2) is 7.11 Å². The molecule has 1 aliphatic heterocycles. The molecule has 5 nitrogen and oxygen atoms in total. The number of rotatable bonds is 7. The second kappa shape index (κ2) is 11.4. The highest BCUT2D eigenvalue weighted by Gasteiger charge is 2.57. The maximum absolute atomic E-state index is 16.4. The van der Waals surface area contributed by atoms with E-state index >= 15 is 4.57 Å². The molecule has 1 aliphatic rings. The molecule has 0 amide bonds. The molecule has 0 bridgehead atoms. The molecule has 0 saturated heterocycles. The molecule has 0 fully saturated rings. The van der Waals surface area contributed by atoms with Gasteiger partial charge >= 0.3 is 0 Å². The van der Waals surface area contributed by atoms with Gasteiger partial charge in [0, 0.05) is 11.3 Å². The molecular formula is C39H32NO4P. The first-order valence-corrected chi connectivity index (χ1v) is 16.4. The average Bonchev–Trinajstić information content (AvgIpc) is 3.08. The first-order valence-electron chi connectivity index (χ1n) is 14.8. The van der Waals surface area contributed by atoms with Crippen LogP contribution in [0.4, 0.5) is 5.69 Å². The number of para-hydroxylation sites is 1. The second-order valence-corrected chi connectivity index (χ2v) is 13.6. The van der Waals surface area contributed by atoms with Crippen LogP contribution in [0.5, 0.6) is 23.0 Å². The van der Waals surface area contributed by atoms with Crippen LogP contribution in [0.1, 0.15) is 22.3 Å². The topological polar surface area (TPSA) is 70.8 Å². The van der Waals surface area contributed by atoms with E-state index in [-0.39, 0.29) is 0 Å². The van der Waals surface area contributed by atoms with Crippen molar-refractivity contribution in [1.82, 2.24) is 0 Å².